The molecule has 0 saturated heterocycles. The van der Waals surface area contributed by atoms with E-state index in [1.54, 1.807) is 19.2 Å². The van der Waals surface area contributed by atoms with Crippen LogP contribution in [-0.4, -0.2) is 25.8 Å². The van der Waals surface area contributed by atoms with Crippen molar-refractivity contribution in [3.05, 3.63) is 35.9 Å². The molecular weight excluding hydrogens is 192 g/mol. The summed E-state index contributed by atoms with van der Waals surface area (Å²) in [6.07, 6.45) is 0.592. The van der Waals surface area contributed by atoms with E-state index in [0.717, 1.165) is 6.42 Å². The van der Waals surface area contributed by atoms with E-state index in [2.05, 4.69) is 0 Å². The molecule has 1 atom stereocenters. The van der Waals surface area contributed by atoms with Crippen molar-refractivity contribution >= 4 is 5.97 Å². The van der Waals surface area contributed by atoms with Crippen LogP contribution in [0.4, 0.5) is 0 Å². The van der Waals surface area contributed by atoms with E-state index in [4.69, 9.17) is 9.47 Å². The van der Waals surface area contributed by atoms with Gasteiger partial charge in [-0.25, -0.2) is 4.79 Å². The summed E-state index contributed by atoms with van der Waals surface area (Å²) < 4.78 is 10.2. The predicted molar refractivity (Wildman–Crippen MR) is 57.8 cm³/mol. The Morgan fingerprint density at radius 3 is 2.53 bits per heavy atom. The van der Waals surface area contributed by atoms with E-state index >= 15 is 0 Å². The third-order valence-electron chi connectivity index (χ3n) is 2.09. The van der Waals surface area contributed by atoms with Crippen LogP contribution in [0.2, 0.25) is 0 Å². The number of benzene rings is 1. The first-order valence-corrected chi connectivity index (χ1v) is 5.03. The van der Waals surface area contributed by atoms with Crippen molar-refractivity contribution in [3.63, 3.8) is 0 Å². The molecule has 0 bridgehead atoms. The summed E-state index contributed by atoms with van der Waals surface area (Å²) in [6, 6.07) is 8.97. The van der Waals surface area contributed by atoms with Gasteiger partial charge in [-0.2, -0.15) is 0 Å². The van der Waals surface area contributed by atoms with Crippen LogP contribution in [0.25, 0.3) is 0 Å². The fourth-order valence-corrected chi connectivity index (χ4v) is 1.21. The summed E-state index contributed by atoms with van der Waals surface area (Å²) in [6.45, 7) is 2.40. The van der Waals surface area contributed by atoms with Crippen molar-refractivity contribution in [3.8, 4) is 0 Å². The normalized spacial score (nSPS) is 12.1. The molecule has 3 nitrogen and oxygen atoms in total. The molecule has 1 unspecified atom stereocenters. The number of carbonyl (C=O) groups is 1. The smallest absolute Gasteiger partial charge is 0.338 e. The first-order valence-electron chi connectivity index (χ1n) is 5.03. The Bertz CT molecular complexity index is 295. The monoisotopic (exact) mass is 208 g/mol. The van der Waals surface area contributed by atoms with Gasteiger partial charge in [-0.05, 0) is 18.6 Å². The van der Waals surface area contributed by atoms with Crippen LogP contribution in [0.15, 0.2) is 30.3 Å². The lowest BCUT2D eigenvalue weighted by Crippen LogP contribution is -2.22. The molecule has 0 spiro atoms. The molecule has 1 aromatic carbocycles. The Balaban J connectivity index is 2.55. The minimum absolute atomic E-state index is 0.164. The molecule has 0 amide bonds. The van der Waals surface area contributed by atoms with E-state index in [1.807, 2.05) is 25.1 Å². The van der Waals surface area contributed by atoms with Crippen molar-refractivity contribution < 1.29 is 14.3 Å². The van der Waals surface area contributed by atoms with Crippen LogP contribution >= 0.6 is 0 Å². The lowest BCUT2D eigenvalue weighted by atomic mass is 10.2. The van der Waals surface area contributed by atoms with Gasteiger partial charge in [-0.1, -0.05) is 25.1 Å². The second kappa shape index (κ2) is 6.19. The van der Waals surface area contributed by atoms with E-state index in [9.17, 15) is 4.79 Å². The van der Waals surface area contributed by atoms with Crippen molar-refractivity contribution in [1.82, 2.24) is 0 Å². The summed E-state index contributed by atoms with van der Waals surface area (Å²) in [5, 5.41) is 0. The van der Waals surface area contributed by atoms with Crippen molar-refractivity contribution in [1.29, 1.82) is 0 Å². The maximum atomic E-state index is 11.6. The van der Waals surface area contributed by atoms with Crippen LogP contribution < -0.4 is 0 Å². The number of rotatable bonds is 5. The molecule has 0 aliphatic carbocycles. The summed E-state index contributed by atoms with van der Waals surface area (Å²) in [7, 11) is 1.60. The third kappa shape index (κ3) is 3.72. The first kappa shape index (κ1) is 11.7. The summed E-state index contributed by atoms with van der Waals surface area (Å²) in [5.74, 6) is -0.292. The number of methoxy groups -OCH3 is 1. The average Bonchev–Trinajstić information content (AvgIpc) is 2.29. The third-order valence-corrected chi connectivity index (χ3v) is 2.09. The summed E-state index contributed by atoms with van der Waals surface area (Å²) in [4.78, 5) is 11.6. The van der Waals surface area contributed by atoms with E-state index in [1.165, 1.54) is 0 Å². The Morgan fingerprint density at radius 2 is 2.00 bits per heavy atom. The second-order valence-electron chi connectivity index (χ2n) is 3.26. The molecule has 0 fully saturated rings. The zero-order valence-electron chi connectivity index (χ0n) is 9.10. The Kier molecular flexibility index (Phi) is 4.84. The van der Waals surface area contributed by atoms with Gasteiger partial charge >= 0.3 is 5.97 Å². The van der Waals surface area contributed by atoms with Gasteiger partial charge in [0.05, 0.1) is 12.2 Å². The fraction of sp³-hybridized carbons (Fsp3) is 0.417. The van der Waals surface area contributed by atoms with E-state index in [-0.39, 0.29) is 12.1 Å². The minimum Gasteiger partial charge on any atom is -0.456 e. The standard InChI is InChI=1S/C12H16O3/c1-3-11(9-14-2)15-12(13)10-7-5-4-6-8-10/h4-8,11H,3,9H2,1-2H3. The molecule has 0 saturated carbocycles. The fourth-order valence-electron chi connectivity index (χ4n) is 1.21. The number of hydrogen-bond acceptors (Lipinski definition) is 3. The molecule has 0 N–H and O–H groups in total. The van der Waals surface area contributed by atoms with Crippen LogP contribution in [0.1, 0.15) is 23.7 Å². The predicted octanol–water partition coefficient (Wildman–Crippen LogP) is 2.27. The molecule has 15 heavy (non-hydrogen) atoms. The molecule has 0 aromatic heterocycles. The molecule has 0 heterocycles. The van der Waals surface area contributed by atoms with Crippen LogP contribution in [0, 0.1) is 0 Å². The molecule has 0 aliphatic rings. The van der Waals surface area contributed by atoms with Crippen molar-refractivity contribution in [2.75, 3.05) is 13.7 Å². The van der Waals surface area contributed by atoms with Crippen LogP contribution in [-0.2, 0) is 9.47 Å². The quantitative estimate of drug-likeness (QED) is 0.696. The highest BCUT2D eigenvalue weighted by Gasteiger charge is 2.13. The molecule has 0 aliphatic heterocycles. The lowest BCUT2D eigenvalue weighted by Gasteiger charge is -2.14. The van der Waals surface area contributed by atoms with Crippen molar-refractivity contribution in [2.45, 2.75) is 19.4 Å². The van der Waals surface area contributed by atoms with Gasteiger partial charge in [0.25, 0.3) is 0 Å². The van der Waals surface area contributed by atoms with Gasteiger partial charge in [-0.15, -0.1) is 0 Å². The maximum Gasteiger partial charge on any atom is 0.338 e. The van der Waals surface area contributed by atoms with Gasteiger partial charge in [0.2, 0.25) is 0 Å². The van der Waals surface area contributed by atoms with Gasteiger partial charge in [0, 0.05) is 7.11 Å². The molecule has 1 aromatic rings. The summed E-state index contributed by atoms with van der Waals surface area (Å²) in [5.41, 5.74) is 0.576. The number of ether oxygens (including phenoxy) is 2. The highest BCUT2D eigenvalue weighted by molar-refractivity contribution is 5.89. The largest absolute Gasteiger partial charge is 0.456 e. The van der Waals surface area contributed by atoms with Gasteiger partial charge in [0.15, 0.2) is 0 Å². The highest BCUT2D eigenvalue weighted by atomic mass is 16.6. The van der Waals surface area contributed by atoms with E-state index < -0.39 is 0 Å². The van der Waals surface area contributed by atoms with Gasteiger partial charge in [0.1, 0.15) is 6.10 Å². The Hall–Kier alpha value is -1.35. The SMILES string of the molecule is CCC(COC)OC(=O)c1ccccc1. The average molecular weight is 208 g/mol. The molecule has 82 valence electrons. The minimum atomic E-state index is -0.292. The number of carbonyl (C=O) groups excluding carboxylic acids is 1. The Morgan fingerprint density at radius 1 is 1.33 bits per heavy atom. The maximum absolute atomic E-state index is 11.6. The summed E-state index contributed by atoms with van der Waals surface area (Å²) >= 11 is 0. The first-order chi connectivity index (χ1) is 7.27. The van der Waals surface area contributed by atoms with Gasteiger partial charge < -0.3 is 9.47 Å². The Labute approximate surface area is 90.0 Å². The topological polar surface area (TPSA) is 35.5 Å². The van der Waals surface area contributed by atoms with Crippen molar-refractivity contribution in [2.24, 2.45) is 0 Å². The zero-order valence-corrected chi connectivity index (χ0v) is 9.10. The molecule has 3 heteroatoms. The highest BCUT2D eigenvalue weighted by Crippen LogP contribution is 2.06. The molecule has 0 radical (unpaired) electrons. The second-order valence-corrected chi connectivity index (χ2v) is 3.26. The molecular formula is C12H16O3. The van der Waals surface area contributed by atoms with Crippen LogP contribution in [0.3, 0.4) is 0 Å². The molecule has 1 rings (SSSR count). The van der Waals surface area contributed by atoms with Gasteiger partial charge in [-0.3, -0.25) is 0 Å². The van der Waals surface area contributed by atoms with E-state index in [0.29, 0.717) is 12.2 Å². The lowest BCUT2D eigenvalue weighted by molar-refractivity contribution is 0.00475. The number of esters is 1. The van der Waals surface area contributed by atoms with Crippen LogP contribution in [0.5, 0.6) is 0 Å². The number of hydrogen-bond donors (Lipinski definition) is 0. The zero-order chi connectivity index (χ0) is 11.1.